The maximum Gasteiger partial charge on any atom is 0.142 e. The Hall–Kier alpha value is -2.80. The highest BCUT2D eigenvalue weighted by Gasteiger charge is 2.10. The molecule has 0 saturated heterocycles. The topological polar surface area (TPSA) is 61.7 Å². The van der Waals surface area contributed by atoms with Crippen LogP contribution >= 0.6 is 0 Å². The van der Waals surface area contributed by atoms with Crippen LogP contribution in [0.1, 0.15) is 5.56 Å². The van der Waals surface area contributed by atoms with Gasteiger partial charge in [0.1, 0.15) is 11.6 Å². The summed E-state index contributed by atoms with van der Waals surface area (Å²) in [6.07, 6.45) is 0. The Labute approximate surface area is 110 Å². The third kappa shape index (κ3) is 1.91. The highest BCUT2D eigenvalue weighted by atomic mass is 16.5. The van der Waals surface area contributed by atoms with Crippen LogP contribution in [0.3, 0.4) is 0 Å². The van der Waals surface area contributed by atoms with Gasteiger partial charge in [-0.25, -0.2) is 4.98 Å². The number of benzene rings is 2. The molecule has 1 N–H and O–H groups in total. The summed E-state index contributed by atoms with van der Waals surface area (Å²) in [4.78, 5) is 7.74. The molecule has 0 fully saturated rings. The highest BCUT2D eigenvalue weighted by Crippen LogP contribution is 2.29. The van der Waals surface area contributed by atoms with Crippen LogP contribution < -0.4 is 4.74 Å². The summed E-state index contributed by atoms with van der Waals surface area (Å²) in [6, 6.07) is 15.2. The lowest BCUT2D eigenvalue weighted by atomic mass is 10.2. The summed E-state index contributed by atoms with van der Waals surface area (Å²) >= 11 is 0. The summed E-state index contributed by atoms with van der Waals surface area (Å²) in [6.45, 7) is 0. The third-order valence-corrected chi connectivity index (χ3v) is 2.97. The number of ether oxygens (including phenoxy) is 1. The van der Waals surface area contributed by atoms with Crippen molar-refractivity contribution in [2.75, 3.05) is 7.11 Å². The Morgan fingerprint density at radius 3 is 2.84 bits per heavy atom. The summed E-state index contributed by atoms with van der Waals surface area (Å²) in [5, 5.41) is 8.90. The fourth-order valence-corrected chi connectivity index (χ4v) is 2.05. The van der Waals surface area contributed by atoms with Crippen molar-refractivity contribution in [3.63, 3.8) is 0 Å². The van der Waals surface area contributed by atoms with E-state index >= 15 is 0 Å². The number of nitrogens with one attached hydrogen (secondary N) is 1. The monoisotopic (exact) mass is 249 g/mol. The van der Waals surface area contributed by atoms with Crippen molar-refractivity contribution in [2.24, 2.45) is 0 Å². The van der Waals surface area contributed by atoms with Crippen LogP contribution in [-0.2, 0) is 0 Å². The van der Waals surface area contributed by atoms with Crippen molar-refractivity contribution >= 4 is 11.0 Å². The maximum atomic E-state index is 8.90. The van der Waals surface area contributed by atoms with Crippen LogP contribution in [0.2, 0.25) is 0 Å². The molecule has 0 atom stereocenters. The van der Waals surface area contributed by atoms with Gasteiger partial charge in [0.05, 0.1) is 35.3 Å². The van der Waals surface area contributed by atoms with Gasteiger partial charge in [-0.2, -0.15) is 5.26 Å². The number of imidazole rings is 1. The van der Waals surface area contributed by atoms with Crippen LogP contribution in [-0.4, -0.2) is 17.1 Å². The van der Waals surface area contributed by atoms with E-state index in [1.165, 1.54) is 0 Å². The van der Waals surface area contributed by atoms with E-state index in [0.29, 0.717) is 5.56 Å². The number of rotatable bonds is 2. The summed E-state index contributed by atoms with van der Waals surface area (Å²) in [7, 11) is 1.63. The summed E-state index contributed by atoms with van der Waals surface area (Å²) in [5.74, 6) is 1.50. The normalized spacial score (nSPS) is 10.3. The van der Waals surface area contributed by atoms with Gasteiger partial charge in [-0.05, 0) is 30.3 Å². The second kappa shape index (κ2) is 4.46. The number of aromatic nitrogens is 2. The minimum Gasteiger partial charge on any atom is -0.496 e. The molecule has 0 unspecified atom stereocenters. The predicted octanol–water partition coefficient (Wildman–Crippen LogP) is 3.11. The lowest BCUT2D eigenvalue weighted by molar-refractivity contribution is 0.416. The molecular weight excluding hydrogens is 238 g/mol. The van der Waals surface area contributed by atoms with Crippen molar-refractivity contribution in [2.45, 2.75) is 0 Å². The van der Waals surface area contributed by atoms with Gasteiger partial charge in [0.2, 0.25) is 0 Å². The van der Waals surface area contributed by atoms with E-state index in [4.69, 9.17) is 10.00 Å². The lowest BCUT2D eigenvalue weighted by Gasteiger charge is -2.04. The average molecular weight is 249 g/mol. The Morgan fingerprint density at radius 1 is 1.21 bits per heavy atom. The molecule has 4 heteroatoms. The second-order valence-electron chi connectivity index (χ2n) is 4.13. The van der Waals surface area contributed by atoms with E-state index in [1.807, 2.05) is 30.3 Å². The van der Waals surface area contributed by atoms with Crippen LogP contribution in [0.5, 0.6) is 5.75 Å². The number of hydrogen-bond acceptors (Lipinski definition) is 3. The molecule has 0 radical (unpaired) electrons. The van der Waals surface area contributed by atoms with Gasteiger partial charge in [0, 0.05) is 0 Å². The number of fused-ring (bicyclic) bond motifs is 1. The minimum absolute atomic E-state index is 0.614. The zero-order valence-electron chi connectivity index (χ0n) is 10.3. The largest absolute Gasteiger partial charge is 0.496 e. The summed E-state index contributed by atoms with van der Waals surface area (Å²) < 4.78 is 5.33. The fourth-order valence-electron chi connectivity index (χ4n) is 2.05. The molecular formula is C15H11N3O. The average Bonchev–Trinajstić information content (AvgIpc) is 2.89. The smallest absolute Gasteiger partial charge is 0.142 e. The van der Waals surface area contributed by atoms with E-state index in [0.717, 1.165) is 28.2 Å². The molecule has 0 spiro atoms. The Bertz CT molecular complexity index is 783. The van der Waals surface area contributed by atoms with Crippen molar-refractivity contribution in [3.05, 3.63) is 48.0 Å². The fraction of sp³-hybridized carbons (Fsp3) is 0.0667. The number of nitrogens with zero attached hydrogens (tertiary/aromatic N) is 2. The quantitative estimate of drug-likeness (QED) is 0.759. The Balaban J connectivity index is 2.18. The Morgan fingerprint density at radius 2 is 2.05 bits per heavy atom. The highest BCUT2D eigenvalue weighted by molar-refractivity contribution is 5.81. The standard InChI is InChI=1S/C15H11N3O/c1-19-14-5-3-2-4-11(14)15-17-12-7-6-10(9-16)8-13(12)18-15/h2-8H,1H3,(H,17,18). The molecule has 0 saturated carbocycles. The van der Waals surface area contributed by atoms with E-state index in [1.54, 1.807) is 19.2 Å². The minimum atomic E-state index is 0.614. The molecule has 92 valence electrons. The zero-order chi connectivity index (χ0) is 13.2. The van der Waals surface area contributed by atoms with E-state index in [9.17, 15) is 0 Å². The molecule has 0 bridgehead atoms. The molecule has 0 aliphatic rings. The zero-order valence-corrected chi connectivity index (χ0v) is 10.3. The first-order chi connectivity index (χ1) is 9.31. The number of H-pyrrole nitrogens is 1. The van der Waals surface area contributed by atoms with Gasteiger partial charge in [-0.15, -0.1) is 0 Å². The van der Waals surface area contributed by atoms with Crippen molar-refractivity contribution in [1.82, 2.24) is 9.97 Å². The molecule has 1 heterocycles. The first-order valence-corrected chi connectivity index (χ1v) is 5.85. The van der Waals surface area contributed by atoms with Gasteiger partial charge >= 0.3 is 0 Å². The van der Waals surface area contributed by atoms with Gasteiger partial charge < -0.3 is 9.72 Å². The second-order valence-corrected chi connectivity index (χ2v) is 4.13. The Kier molecular flexibility index (Phi) is 2.66. The van der Waals surface area contributed by atoms with Crippen LogP contribution in [0.4, 0.5) is 0 Å². The first kappa shape index (κ1) is 11.3. The number of para-hydroxylation sites is 1. The molecule has 0 aliphatic carbocycles. The third-order valence-electron chi connectivity index (χ3n) is 2.97. The first-order valence-electron chi connectivity index (χ1n) is 5.85. The van der Waals surface area contributed by atoms with Gasteiger partial charge in [-0.1, -0.05) is 12.1 Å². The number of nitriles is 1. The molecule has 4 nitrogen and oxygen atoms in total. The van der Waals surface area contributed by atoms with Crippen LogP contribution in [0.15, 0.2) is 42.5 Å². The van der Waals surface area contributed by atoms with E-state index in [2.05, 4.69) is 16.0 Å². The molecule has 1 aromatic heterocycles. The number of hydrogen-bond donors (Lipinski definition) is 1. The maximum absolute atomic E-state index is 8.90. The molecule has 3 aromatic rings. The number of aromatic amines is 1. The molecule has 3 rings (SSSR count). The molecule has 2 aromatic carbocycles. The van der Waals surface area contributed by atoms with E-state index < -0.39 is 0 Å². The van der Waals surface area contributed by atoms with Gasteiger partial charge in [0.25, 0.3) is 0 Å². The molecule has 19 heavy (non-hydrogen) atoms. The lowest BCUT2D eigenvalue weighted by Crippen LogP contribution is -1.88. The number of methoxy groups -OCH3 is 1. The summed E-state index contributed by atoms with van der Waals surface area (Å²) in [5.41, 5.74) is 3.20. The van der Waals surface area contributed by atoms with Crippen molar-refractivity contribution in [1.29, 1.82) is 5.26 Å². The van der Waals surface area contributed by atoms with E-state index in [-0.39, 0.29) is 0 Å². The van der Waals surface area contributed by atoms with Crippen molar-refractivity contribution in [3.8, 4) is 23.2 Å². The van der Waals surface area contributed by atoms with Crippen molar-refractivity contribution < 1.29 is 4.74 Å². The predicted molar refractivity (Wildman–Crippen MR) is 72.8 cm³/mol. The van der Waals surface area contributed by atoms with Crippen LogP contribution in [0, 0.1) is 11.3 Å². The van der Waals surface area contributed by atoms with Gasteiger partial charge in [-0.3, -0.25) is 0 Å². The molecule has 0 aliphatic heterocycles. The molecule has 0 amide bonds. The van der Waals surface area contributed by atoms with Gasteiger partial charge in [0.15, 0.2) is 0 Å². The SMILES string of the molecule is COc1ccccc1-c1nc2ccc(C#N)cc2[nH]1. The van der Waals surface area contributed by atoms with Crippen LogP contribution in [0.25, 0.3) is 22.4 Å².